The Morgan fingerprint density at radius 3 is 0.962 bits per heavy atom. The Morgan fingerprint density at radius 1 is 0.359 bits per heavy atom. The molecule has 0 radical (unpaired) electrons. The molecule has 650 valence electrons. The minimum absolute atomic E-state index is 0.0311. The van der Waals surface area contributed by atoms with Crippen molar-refractivity contribution in [2.75, 3.05) is 39.6 Å². The highest BCUT2D eigenvalue weighted by atomic mass is 19.4. The van der Waals surface area contributed by atoms with Crippen LogP contribution in [0.1, 0.15) is 111 Å². The standard InChI is InChI=1S/C23H20FN3O.C22H18FN3O.C22H21N3.C20H12F4N2.C20H14FN3O/c1-2-9-27-23(28)20-12-16(7-8-21(20)24)22-19(4-3-10-26-22)15-5-6-17-13-25-14-18(17)11-15;1-26(2)22(27)19-11-15(7-8-20(19)23)21-18(4-3-9-25-21)14-5-6-16-12-24-13-17(16)10-14;1-15-11-17(8-9-21(15)25(2)3)22-20(5-4-10-24-22)16-6-7-18-13-23-14-19(18)12-16;21-18-6-5-13(9-17(18)20(22,23)24)19-16(2-1-7-26-19)12-3-4-14-10-25-11-15(14)8-12;21-18-6-5-13(9-17(18)20(22)25)19-16(2-1-7-24-19)12-3-4-14-10-23-11-15(14)8-12/h3-8,10-12,14H,2,9,13H2,1H3,(H,27,28);3-11,13H,12H2,1-2H3;4-12,14H,13H2,1-3H3;1-9,11H,10H2;1-9,11H,10H2,(H2,22,25). The number of nitrogens with zero attached hydrogens (tertiary/aromatic N) is 12. The minimum Gasteiger partial charge on any atom is -0.377 e. The van der Waals surface area contributed by atoms with E-state index in [1.165, 1.54) is 86.1 Å². The number of aliphatic imine (C=N–C) groups is 5. The lowest BCUT2D eigenvalue weighted by Crippen LogP contribution is -2.25. The molecule has 20 rings (SSSR count). The number of nitrogens with one attached hydrogen (secondary N) is 1. The third-order valence-electron chi connectivity index (χ3n) is 22.7. The van der Waals surface area contributed by atoms with Crippen LogP contribution in [-0.2, 0) is 38.9 Å². The zero-order valence-electron chi connectivity index (χ0n) is 72.1. The van der Waals surface area contributed by atoms with Gasteiger partial charge in [-0.05, 0) is 248 Å². The molecular weight excluding hydrogens is 1660 g/mol. The Kier molecular flexibility index (Phi) is 26.4. The molecule has 0 aliphatic carbocycles. The summed E-state index contributed by atoms with van der Waals surface area (Å²) < 4.78 is 94.9. The number of aromatic nitrogens is 5. The number of halogens is 7. The first kappa shape index (κ1) is 88.5. The molecule has 5 aliphatic rings. The van der Waals surface area contributed by atoms with Crippen LogP contribution in [0.2, 0.25) is 0 Å². The van der Waals surface area contributed by atoms with Crippen LogP contribution in [0.3, 0.4) is 0 Å². The first-order valence-electron chi connectivity index (χ1n) is 42.2. The van der Waals surface area contributed by atoms with Gasteiger partial charge in [0.05, 0.1) is 83.4 Å². The first-order valence-corrected chi connectivity index (χ1v) is 42.2. The molecule has 0 saturated carbocycles. The van der Waals surface area contributed by atoms with Crippen LogP contribution >= 0.6 is 0 Å². The molecule has 0 spiro atoms. The largest absolute Gasteiger partial charge is 0.419 e. The van der Waals surface area contributed by atoms with Crippen molar-refractivity contribution in [2.45, 2.75) is 59.2 Å². The van der Waals surface area contributed by atoms with Crippen molar-refractivity contribution in [1.82, 2.24) is 35.1 Å². The van der Waals surface area contributed by atoms with Crippen molar-refractivity contribution in [3.8, 4) is 112 Å². The van der Waals surface area contributed by atoms with E-state index in [0.717, 1.165) is 109 Å². The zero-order valence-corrected chi connectivity index (χ0v) is 72.1. The van der Waals surface area contributed by atoms with Gasteiger partial charge in [0.25, 0.3) is 17.7 Å². The number of hydrogen-bond acceptors (Lipinski definition) is 14. The molecule has 24 heteroatoms. The van der Waals surface area contributed by atoms with Crippen LogP contribution in [0.25, 0.3) is 112 Å². The fraction of sp³-hybridized carbons (Fsp3) is 0.131. The Balaban J connectivity index is 0.000000120. The average Bonchev–Trinajstić information content (AvgIpc) is 1.69. The molecule has 3 amide bonds. The third kappa shape index (κ3) is 19.8. The quantitative estimate of drug-likeness (QED) is 0.0877. The van der Waals surface area contributed by atoms with E-state index in [4.69, 9.17) is 5.73 Å². The molecule has 0 bridgehead atoms. The number of benzene rings is 10. The lowest BCUT2D eigenvalue weighted by atomic mass is 9.95. The van der Waals surface area contributed by atoms with E-state index in [1.54, 1.807) is 81.4 Å². The summed E-state index contributed by atoms with van der Waals surface area (Å²) >= 11 is 0. The number of carbonyl (C=O) groups excluding carboxylic acids is 3. The van der Waals surface area contributed by atoms with Gasteiger partial charge in [-0.3, -0.25) is 64.3 Å². The molecule has 5 aliphatic heterocycles. The van der Waals surface area contributed by atoms with Gasteiger partial charge < -0.3 is 20.9 Å². The van der Waals surface area contributed by atoms with Gasteiger partial charge >= 0.3 is 6.18 Å². The Bertz CT molecular complexity index is 7120. The fourth-order valence-electron chi connectivity index (χ4n) is 16.0. The van der Waals surface area contributed by atoms with Gasteiger partial charge in [-0.15, -0.1) is 0 Å². The Labute approximate surface area is 752 Å². The van der Waals surface area contributed by atoms with E-state index in [-0.39, 0.29) is 28.2 Å². The molecule has 3 N–H and O–H groups in total. The van der Waals surface area contributed by atoms with Crippen LogP contribution in [0.5, 0.6) is 0 Å². The monoisotopic (exact) mass is 1750 g/mol. The number of pyridine rings is 5. The maximum Gasteiger partial charge on any atom is 0.419 e. The number of rotatable bonds is 16. The van der Waals surface area contributed by atoms with Gasteiger partial charge in [0.2, 0.25) is 0 Å². The highest BCUT2D eigenvalue weighted by Crippen LogP contribution is 2.42. The first-order chi connectivity index (χ1) is 63.4. The molecule has 131 heavy (non-hydrogen) atoms. The Morgan fingerprint density at radius 2 is 0.649 bits per heavy atom. The van der Waals surface area contributed by atoms with E-state index >= 15 is 0 Å². The van der Waals surface area contributed by atoms with E-state index in [2.05, 4.69) is 154 Å². The summed E-state index contributed by atoms with van der Waals surface area (Å²) in [6.45, 7) is 8.15. The van der Waals surface area contributed by atoms with Gasteiger partial charge in [0.15, 0.2) is 0 Å². The second-order valence-corrected chi connectivity index (χ2v) is 31.9. The van der Waals surface area contributed by atoms with E-state index in [1.807, 2.05) is 123 Å². The highest BCUT2D eigenvalue weighted by Gasteiger charge is 2.35. The summed E-state index contributed by atoms with van der Waals surface area (Å²) in [5, 5.41) is 2.73. The van der Waals surface area contributed by atoms with E-state index < -0.39 is 46.8 Å². The zero-order chi connectivity index (χ0) is 91.6. The summed E-state index contributed by atoms with van der Waals surface area (Å²) in [5.74, 6) is -4.60. The smallest absolute Gasteiger partial charge is 0.377 e. The van der Waals surface area contributed by atoms with Crippen LogP contribution < -0.4 is 16.0 Å². The molecule has 15 aromatic rings. The normalized spacial score (nSPS) is 12.3. The predicted molar refractivity (Wildman–Crippen MR) is 505 cm³/mol. The number of hydrogen-bond donors (Lipinski definition) is 2. The molecule has 10 heterocycles. The number of primary amides is 1. The summed E-state index contributed by atoms with van der Waals surface area (Å²) in [6.07, 6.45) is 13.8. The molecule has 10 aromatic carbocycles. The van der Waals surface area contributed by atoms with Gasteiger partial charge in [-0.2, -0.15) is 13.2 Å². The second-order valence-electron chi connectivity index (χ2n) is 31.9. The van der Waals surface area contributed by atoms with Gasteiger partial charge in [0, 0.05) is 158 Å². The molecular formula is C107H85F7N14O3. The molecule has 0 unspecified atom stereocenters. The lowest BCUT2D eigenvalue weighted by Gasteiger charge is -2.17. The lowest BCUT2D eigenvalue weighted by molar-refractivity contribution is -0.139. The van der Waals surface area contributed by atoms with Crippen molar-refractivity contribution in [3.05, 3.63) is 380 Å². The third-order valence-corrected chi connectivity index (χ3v) is 22.7. The van der Waals surface area contributed by atoms with Crippen molar-refractivity contribution >= 4 is 54.5 Å². The summed E-state index contributed by atoms with van der Waals surface area (Å²) in [5.41, 5.74) is 34.3. The number of carbonyl (C=O) groups is 3. The highest BCUT2D eigenvalue weighted by molar-refractivity contribution is 6.00. The molecule has 0 fully saturated rings. The number of anilines is 1. The predicted octanol–water partition coefficient (Wildman–Crippen LogP) is 22.6. The number of nitrogens with two attached hydrogens (primary N) is 1. The van der Waals surface area contributed by atoms with Gasteiger partial charge in [-0.1, -0.05) is 104 Å². The maximum atomic E-state index is 14.2. The summed E-state index contributed by atoms with van der Waals surface area (Å²) in [6, 6.07) is 72.9. The number of alkyl halides is 3. The van der Waals surface area contributed by atoms with Crippen molar-refractivity contribution in [3.63, 3.8) is 0 Å². The fourth-order valence-corrected chi connectivity index (χ4v) is 16.0. The van der Waals surface area contributed by atoms with E-state index in [0.29, 0.717) is 77.8 Å². The van der Waals surface area contributed by atoms with Crippen LogP contribution in [0.4, 0.5) is 36.4 Å². The van der Waals surface area contributed by atoms with Crippen LogP contribution in [-0.4, -0.2) is 113 Å². The maximum absolute atomic E-state index is 14.2. The van der Waals surface area contributed by atoms with Crippen LogP contribution in [0.15, 0.2) is 299 Å². The van der Waals surface area contributed by atoms with Crippen molar-refractivity contribution < 1.29 is 45.1 Å². The summed E-state index contributed by atoms with van der Waals surface area (Å²) in [7, 11) is 7.35. The van der Waals surface area contributed by atoms with Gasteiger partial charge in [0.1, 0.15) is 23.3 Å². The molecule has 0 atom stereocenters. The van der Waals surface area contributed by atoms with E-state index in [9.17, 15) is 45.1 Å². The minimum atomic E-state index is -4.76. The number of aryl methyl sites for hydroxylation is 1. The number of fused-ring (bicyclic) bond motifs is 5. The average molecular weight is 1750 g/mol. The van der Waals surface area contributed by atoms with Gasteiger partial charge in [-0.25, -0.2) is 17.6 Å². The SMILES string of the molecule is CCCNC(=O)c1cc(-c2ncccc2-c2ccc3c(c2)C=NC3)ccc1F.CN(C)C(=O)c1cc(-c2ncccc2-c2ccc3c(c2)C=NC3)ccc1F.Cc1cc(-c2ncccc2-c2ccc3c(c2)C=NC3)ccc1N(C)C.Fc1ccc(-c2ncccc2-c2ccc3c(c2)C=NC3)cc1C(F)(F)F.NC(=O)c1cc(-c2ncccc2-c2ccc3c(c2)C=NC3)ccc1F. The molecule has 17 nitrogen and oxygen atoms in total. The second kappa shape index (κ2) is 39.1. The van der Waals surface area contributed by atoms with Crippen molar-refractivity contribution in [1.29, 1.82) is 0 Å². The van der Waals surface area contributed by atoms with Crippen molar-refractivity contribution in [2.24, 2.45) is 30.7 Å². The molecule has 0 saturated heterocycles. The van der Waals surface area contributed by atoms with Crippen LogP contribution in [0, 0.1) is 30.2 Å². The topological polar surface area (TPSA) is 222 Å². The Hall–Kier alpha value is -16.0. The summed E-state index contributed by atoms with van der Waals surface area (Å²) in [4.78, 5) is 83.4. The number of amides is 3. The molecule has 5 aromatic heterocycles.